The zero-order valence-electron chi connectivity index (χ0n) is 17.5. The Labute approximate surface area is 178 Å². The van der Waals surface area contributed by atoms with E-state index in [1.54, 1.807) is 0 Å². The van der Waals surface area contributed by atoms with Crippen molar-refractivity contribution in [1.82, 2.24) is 10.2 Å². The minimum absolute atomic E-state index is 0.00726. The molecule has 1 aliphatic heterocycles. The van der Waals surface area contributed by atoms with Crippen molar-refractivity contribution in [3.63, 3.8) is 0 Å². The van der Waals surface area contributed by atoms with Crippen LogP contribution in [0.5, 0.6) is 0 Å². The molecule has 7 nitrogen and oxygen atoms in total. The summed E-state index contributed by atoms with van der Waals surface area (Å²) >= 11 is 0. The number of para-hydroxylation sites is 1. The molecule has 0 saturated carbocycles. The Balaban J connectivity index is 1.42. The molecule has 2 amide bonds. The first-order valence-corrected chi connectivity index (χ1v) is 10.3. The number of hydrogen-bond donors (Lipinski definition) is 2. The molecule has 7 heteroatoms. The summed E-state index contributed by atoms with van der Waals surface area (Å²) in [5.74, 6) is -0.0616. The van der Waals surface area contributed by atoms with E-state index in [2.05, 4.69) is 15.5 Å². The zero-order chi connectivity index (χ0) is 21.2. The molecule has 1 aliphatic rings. The van der Waals surface area contributed by atoms with Crippen LogP contribution in [0.3, 0.4) is 0 Å². The van der Waals surface area contributed by atoms with Gasteiger partial charge < -0.3 is 20.3 Å². The van der Waals surface area contributed by atoms with Crippen LogP contribution in [-0.4, -0.2) is 63.2 Å². The predicted octanol–water partition coefficient (Wildman–Crippen LogP) is 2.10. The third-order valence-electron chi connectivity index (χ3n) is 5.04. The lowest BCUT2D eigenvalue weighted by molar-refractivity contribution is -0.120. The van der Waals surface area contributed by atoms with Crippen molar-refractivity contribution in [3.05, 3.63) is 60.2 Å². The van der Waals surface area contributed by atoms with Gasteiger partial charge in [0.25, 0.3) is 0 Å². The fourth-order valence-electron chi connectivity index (χ4n) is 3.31. The molecule has 1 saturated heterocycles. The van der Waals surface area contributed by atoms with E-state index in [1.165, 1.54) is 0 Å². The monoisotopic (exact) mass is 410 g/mol. The number of anilines is 2. The van der Waals surface area contributed by atoms with Gasteiger partial charge in [-0.2, -0.15) is 0 Å². The van der Waals surface area contributed by atoms with E-state index < -0.39 is 0 Å². The molecule has 3 rings (SSSR count). The van der Waals surface area contributed by atoms with Gasteiger partial charge in [-0.15, -0.1) is 0 Å². The van der Waals surface area contributed by atoms with Gasteiger partial charge in [-0.05, 0) is 29.8 Å². The van der Waals surface area contributed by atoms with Crippen molar-refractivity contribution in [2.45, 2.75) is 13.0 Å². The van der Waals surface area contributed by atoms with E-state index in [-0.39, 0.29) is 18.4 Å². The molecule has 0 atom stereocenters. The lowest BCUT2D eigenvalue weighted by atomic mass is 10.2. The highest BCUT2D eigenvalue weighted by molar-refractivity contribution is 5.90. The summed E-state index contributed by atoms with van der Waals surface area (Å²) in [7, 11) is 1.89. The molecule has 0 aliphatic carbocycles. The summed E-state index contributed by atoms with van der Waals surface area (Å²) in [6.45, 7) is 4.65. The minimum Gasteiger partial charge on any atom is -0.379 e. The van der Waals surface area contributed by atoms with Crippen molar-refractivity contribution < 1.29 is 14.3 Å². The molecule has 2 aromatic rings. The highest BCUT2D eigenvalue weighted by Gasteiger charge is 2.12. The van der Waals surface area contributed by atoms with Gasteiger partial charge in [-0.1, -0.05) is 30.3 Å². The fraction of sp³-hybridized carbons (Fsp3) is 0.391. The lowest BCUT2D eigenvalue weighted by Gasteiger charge is -2.26. The molecule has 2 N–H and O–H groups in total. The number of nitrogens with one attached hydrogen (secondary N) is 2. The van der Waals surface area contributed by atoms with Crippen molar-refractivity contribution in [3.8, 4) is 0 Å². The van der Waals surface area contributed by atoms with Gasteiger partial charge in [0.05, 0.1) is 19.8 Å². The second-order valence-electron chi connectivity index (χ2n) is 7.42. The first-order valence-electron chi connectivity index (χ1n) is 10.3. The molecule has 0 spiro atoms. The Morgan fingerprint density at radius 2 is 1.80 bits per heavy atom. The molecule has 0 bridgehead atoms. The summed E-state index contributed by atoms with van der Waals surface area (Å²) in [4.78, 5) is 28.6. The number of nitrogens with zero attached hydrogens (tertiary/aromatic N) is 2. The van der Waals surface area contributed by atoms with E-state index in [1.807, 2.05) is 66.5 Å². The van der Waals surface area contributed by atoms with Crippen LogP contribution in [0.2, 0.25) is 0 Å². The largest absolute Gasteiger partial charge is 0.379 e. The third-order valence-corrected chi connectivity index (χ3v) is 5.04. The average Bonchev–Trinajstić information content (AvgIpc) is 2.78. The van der Waals surface area contributed by atoms with Gasteiger partial charge in [0.2, 0.25) is 11.8 Å². The topological polar surface area (TPSA) is 73.9 Å². The Kier molecular flexibility index (Phi) is 8.23. The smallest absolute Gasteiger partial charge is 0.239 e. The van der Waals surface area contributed by atoms with Crippen LogP contribution in [0.15, 0.2) is 54.6 Å². The van der Waals surface area contributed by atoms with E-state index in [4.69, 9.17) is 4.74 Å². The number of likely N-dealkylation sites (N-methyl/N-ethyl adjacent to an activating group) is 1. The second kappa shape index (κ2) is 11.3. The van der Waals surface area contributed by atoms with Crippen molar-refractivity contribution in [2.75, 3.05) is 56.7 Å². The van der Waals surface area contributed by atoms with E-state index in [0.29, 0.717) is 13.0 Å². The lowest BCUT2D eigenvalue weighted by Crippen LogP contribution is -2.38. The van der Waals surface area contributed by atoms with Crippen molar-refractivity contribution in [1.29, 1.82) is 0 Å². The first-order chi connectivity index (χ1) is 14.6. The van der Waals surface area contributed by atoms with E-state index in [0.717, 1.165) is 49.8 Å². The molecule has 2 aromatic carbocycles. The number of carbonyl (C=O) groups is 2. The van der Waals surface area contributed by atoms with Gasteiger partial charge >= 0.3 is 0 Å². The summed E-state index contributed by atoms with van der Waals surface area (Å²) in [5, 5.41) is 5.88. The molecule has 1 fully saturated rings. The second-order valence-corrected chi connectivity index (χ2v) is 7.42. The van der Waals surface area contributed by atoms with Gasteiger partial charge in [0.15, 0.2) is 0 Å². The number of benzene rings is 2. The number of morpholine rings is 1. The molecule has 1 heterocycles. The Morgan fingerprint density at radius 1 is 1.03 bits per heavy atom. The maximum absolute atomic E-state index is 12.3. The third kappa shape index (κ3) is 7.17. The SMILES string of the molecule is CN(CC(=O)NCc1cccc(NC(=O)CCN2CCOCC2)c1)c1ccccc1. The molecule has 30 heavy (non-hydrogen) atoms. The van der Waals surface area contributed by atoms with Crippen molar-refractivity contribution in [2.24, 2.45) is 0 Å². The maximum Gasteiger partial charge on any atom is 0.239 e. The molecular weight excluding hydrogens is 380 g/mol. The molecule has 160 valence electrons. The summed E-state index contributed by atoms with van der Waals surface area (Å²) in [5.41, 5.74) is 2.68. The van der Waals surface area contributed by atoms with Gasteiger partial charge in [-0.25, -0.2) is 0 Å². The van der Waals surface area contributed by atoms with E-state index in [9.17, 15) is 9.59 Å². The highest BCUT2D eigenvalue weighted by Crippen LogP contribution is 2.12. The zero-order valence-corrected chi connectivity index (χ0v) is 17.5. The molecule has 0 radical (unpaired) electrons. The minimum atomic E-state index is -0.0543. The number of ether oxygens (including phenoxy) is 1. The van der Waals surface area contributed by atoms with Gasteiger partial charge in [-0.3, -0.25) is 14.5 Å². The molecule has 0 unspecified atom stereocenters. The number of amides is 2. The van der Waals surface area contributed by atoms with Gasteiger partial charge in [0.1, 0.15) is 0 Å². The Bertz CT molecular complexity index is 822. The standard InChI is InChI=1S/C23H30N4O3/c1-26(21-8-3-2-4-9-21)18-23(29)24-17-19-6-5-7-20(16-19)25-22(28)10-11-27-12-14-30-15-13-27/h2-9,16H,10-15,17-18H2,1H3,(H,24,29)(H,25,28). The molecular formula is C23H30N4O3. The van der Waals surface area contributed by atoms with Crippen LogP contribution >= 0.6 is 0 Å². The van der Waals surface area contributed by atoms with Crippen LogP contribution in [0.25, 0.3) is 0 Å². The highest BCUT2D eigenvalue weighted by atomic mass is 16.5. The van der Waals surface area contributed by atoms with E-state index >= 15 is 0 Å². The maximum atomic E-state index is 12.3. The summed E-state index contributed by atoms with van der Waals surface area (Å²) in [6.07, 6.45) is 0.451. The van der Waals surface area contributed by atoms with Crippen LogP contribution in [0.1, 0.15) is 12.0 Å². The number of rotatable bonds is 9. The van der Waals surface area contributed by atoms with Crippen LogP contribution in [0, 0.1) is 0 Å². The quantitative estimate of drug-likeness (QED) is 0.662. The normalized spacial score (nSPS) is 14.2. The molecule has 0 aromatic heterocycles. The summed E-state index contributed by atoms with van der Waals surface area (Å²) in [6, 6.07) is 17.4. The van der Waals surface area contributed by atoms with Crippen LogP contribution < -0.4 is 15.5 Å². The average molecular weight is 411 g/mol. The van der Waals surface area contributed by atoms with Crippen LogP contribution in [-0.2, 0) is 20.9 Å². The summed E-state index contributed by atoms with van der Waals surface area (Å²) < 4.78 is 5.32. The number of carbonyl (C=O) groups excluding carboxylic acids is 2. The van der Waals surface area contributed by atoms with Crippen molar-refractivity contribution >= 4 is 23.2 Å². The van der Waals surface area contributed by atoms with Gasteiger partial charge in [0, 0.05) is 51.0 Å². The Morgan fingerprint density at radius 3 is 2.57 bits per heavy atom. The fourth-order valence-corrected chi connectivity index (χ4v) is 3.31. The Hall–Kier alpha value is -2.90. The predicted molar refractivity (Wildman–Crippen MR) is 119 cm³/mol. The first kappa shape index (κ1) is 21.8. The number of hydrogen-bond acceptors (Lipinski definition) is 5. The van der Waals surface area contributed by atoms with Crippen LogP contribution in [0.4, 0.5) is 11.4 Å².